The summed E-state index contributed by atoms with van der Waals surface area (Å²) in [6, 6.07) is 14.2. The molecule has 2 aromatic carbocycles. The predicted molar refractivity (Wildman–Crippen MR) is 96.2 cm³/mol. The van der Waals surface area contributed by atoms with Gasteiger partial charge in [0, 0.05) is 12.5 Å². The molecular formula is C20H19F2NO4. The summed E-state index contributed by atoms with van der Waals surface area (Å²) in [5, 5.41) is 2.60. The number of carbonyl (C=O) groups is 2. The van der Waals surface area contributed by atoms with E-state index in [1.54, 1.807) is 0 Å². The van der Waals surface area contributed by atoms with Crippen molar-refractivity contribution in [3.05, 3.63) is 71.8 Å². The Morgan fingerprint density at radius 2 is 1.74 bits per heavy atom. The smallest absolute Gasteiger partial charge is 0.387 e. The van der Waals surface area contributed by atoms with E-state index < -0.39 is 24.5 Å². The number of hydrogen-bond donors (Lipinski definition) is 1. The van der Waals surface area contributed by atoms with Gasteiger partial charge in [0.15, 0.2) is 0 Å². The van der Waals surface area contributed by atoms with Crippen molar-refractivity contribution in [3.63, 3.8) is 0 Å². The van der Waals surface area contributed by atoms with Crippen LogP contribution in [0.3, 0.4) is 0 Å². The van der Waals surface area contributed by atoms with Crippen molar-refractivity contribution in [2.45, 2.75) is 19.1 Å². The molecule has 0 aliphatic carbocycles. The first kappa shape index (κ1) is 20.1. The Hall–Kier alpha value is -3.22. The van der Waals surface area contributed by atoms with Gasteiger partial charge in [0.05, 0.1) is 7.11 Å². The van der Waals surface area contributed by atoms with Crippen LogP contribution in [0.25, 0.3) is 6.08 Å². The van der Waals surface area contributed by atoms with Crippen LogP contribution in [0.1, 0.15) is 11.1 Å². The summed E-state index contributed by atoms with van der Waals surface area (Å²) in [6.45, 7) is -2.89. The summed E-state index contributed by atoms with van der Waals surface area (Å²) in [4.78, 5) is 24.0. The molecule has 0 heterocycles. The zero-order valence-electron chi connectivity index (χ0n) is 14.6. The molecule has 0 aromatic heterocycles. The minimum atomic E-state index is -2.89. The van der Waals surface area contributed by atoms with E-state index in [1.807, 2.05) is 30.3 Å². The molecule has 0 saturated heterocycles. The summed E-state index contributed by atoms with van der Waals surface area (Å²) < 4.78 is 33.2. The van der Waals surface area contributed by atoms with Gasteiger partial charge in [-0.2, -0.15) is 8.78 Å². The highest BCUT2D eigenvalue weighted by Gasteiger charge is 2.20. The maximum absolute atomic E-state index is 12.1. The van der Waals surface area contributed by atoms with Crippen LogP contribution in [0, 0.1) is 0 Å². The molecule has 1 amide bonds. The Morgan fingerprint density at radius 1 is 1.07 bits per heavy atom. The topological polar surface area (TPSA) is 64.6 Å². The summed E-state index contributed by atoms with van der Waals surface area (Å²) in [7, 11) is 1.26. The maximum atomic E-state index is 12.1. The summed E-state index contributed by atoms with van der Waals surface area (Å²) >= 11 is 0. The molecule has 142 valence electrons. The summed E-state index contributed by atoms with van der Waals surface area (Å²) in [6.07, 6.45) is 3.05. The van der Waals surface area contributed by atoms with Gasteiger partial charge in [0.2, 0.25) is 5.91 Å². The number of methoxy groups -OCH3 is 1. The number of halogens is 2. The van der Waals surface area contributed by atoms with Crippen molar-refractivity contribution < 1.29 is 27.8 Å². The van der Waals surface area contributed by atoms with E-state index in [4.69, 9.17) is 4.74 Å². The second kappa shape index (κ2) is 10.1. The standard InChI is InChI=1S/C20H19F2NO4/c1-26-19(25)17(13-15-5-3-2-4-6-15)23-18(24)12-9-14-7-10-16(11-8-14)27-20(21)22/h2-12,17,20H,13H2,1H3,(H,23,24). The van der Waals surface area contributed by atoms with Crippen LogP contribution in [0.15, 0.2) is 60.7 Å². The van der Waals surface area contributed by atoms with Crippen molar-refractivity contribution in [2.24, 2.45) is 0 Å². The van der Waals surface area contributed by atoms with Gasteiger partial charge in [-0.05, 0) is 29.3 Å². The minimum absolute atomic E-state index is 0.0280. The van der Waals surface area contributed by atoms with Gasteiger partial charge < -0.3 is 14.8 Å². The average molecular weight is 375 g/mol. The molecule has 5 nitrogen and oxygen atoms in total. The molecule has 0 radical (unpaired) electrons. The predicted octanol–water partition coefficient (Wildman–Crippen LogP) is 3.20. The van der Waals surface area contributed by atoms with Crippen molar-refractivity contribution in [3.8, 4) is 5.75 Å². The van der Waals surface area contributed by atoms with E-state index in [2.05, 4.69) is 10.1 Å². The Morgan fingerprint density at radius 3 is 2.33 bits per heavy atom. The third-order valence-electron chi connectivity index (χ3n) is 3.62. The molecule has 0 bridgehead atoms. The molecule has 2 aromatic rings. The monoisotopic (exact) mass is 375 g/mol. The fraction of sp³-hybridized carbons (Fsp3) is 0.200. The van der Waals surface area contributed by atoms with Gasteiger partial charge >= 0.3 is 12.6 Å². The van der Waals surface area contributed by atoms with Crippen LogP contribution in [-0.2, 0) is 20.7 Å². The van der Waals surface area contributed by atoms with Crippen molar-refractivity contribution in [2.75, 3.05) is 7.11 Å². The SMILES string of the molecule is COC(=O)C(Cc1ccccc1)NC(=O)C=Cc1ccc(OC(F)F)cc1. The van der Waals surface area contributed by atoms with Gasteiger partial charge in [0.1, 0.15) is 11.8 Å². The average Bonchev–Trinajstić information content (AvgIpc) is 2.66. The number of rotatable bonds is 8. The highest BCUT2D eigenvalue weighted by molar-refractivity contribution is 5.94. The summed E-state index contributed by atoms with van der Waals surface area (Å²) in [5.41, 5.74) is 1.50. The molecule has 1 N–H and O–H groups in total. The molecule has 0 saturated carbocycles. The molecule has 2 rings (SSSR count). The largest absolute Gasteiger partial charge is 0.467 e. The summed E-state index contributed by atoms with van der Waals surface area (Å²) in [5.74, 6) is -0.997. The first-order valence-electron chi connectivity index (χ1n) is 8.13. The fourth-order valence-corrected chi connectivity index (χ4v) is 2.34. The van der Waals surface area contributed by atoms with E-state index >= 15 is 0 Å². The van der Waals surface area contributed by atoms with E-state index in [0.717, 1.165) is 5.56 Å². The number of hydrogen-bond acceptors (Lipinski definition) is 4. The Labute approximate surface area is 155 Å². The van der Waals surface area contributed by atoms with Crippen LogP contribution >= 0.6 is 0 Å². The Balaban J connectivity index is 1.98. The van der Waals surface area contributed by atoms with Gasteiger partial charge in [0.25, 0.3) is 0 Å². The third-order valence-corrected chi connectivity index (χ3v) is 3.62. The van der Waals surface area contributed by atoms with Crippen molar-refractivity contribution in [1.82, 2.24) is 5.32 Å². The second-order valence-electron chi connectivity index (χ2n) is 5.55. The lowest BCUT2D eigenvalue weighted by molar-refractivity contribution is -0.144. The van der Waals surface area contributed by atoms with Crippen LogP contribution in [0.2, 0.25) is 0 Å². The maximum Gasteiger partial charge on any atom is 0.387 e. The molecular weight excluding hydrogens is 356 g/mol. The number of carbonyl (C=O) groups excluding carboxylic acids is 2. The minimum Gasteiger partial charge on any atom is -0.467 e. The van der Waals surface area contributed by atoms with Crippen LogP contribution < -0.4 is 10.1 Å². The molecule has 0 spiro atoms. The zero-order valence-corrected chi connectivity index (χ0v) is 14.6. The van der Waals surface area contributed by atoms with Gasteiger partial charge in [-0.15, -0.1) is 0 Å². The van der Waals surface area contributed by atoms with Crippen molar-refractivity contribution in [1.29, 1.82) is 0 Å². The zero-order chi connectivity index (χ0) is 19.6. The number of amides is 1. The number of nitrogens with one attached hydrogen (secondary N) is 1. The number of esters is 1. The first-order chi connectivity index (χ1) is 13.0. The first-order valence-corrected chi connectivity index (χ1v) is 8.13. The second-order valence-corrected chi connectivity index (χ2v) is 5.55. The third kappa shape index (κ3) is 6.89. The lowest BCUT2D eigenvalue weighted by Crippen LogP contribution is -2.42. The van der Waals surface area contributed by atoms with Gasteiger partial charge in [-0.3, -0.25) is 4.79 Å². The highest BCUT2D eigenvalue weighted by atomic mass is 19.3. The molecule has 1 atom stereocenters. The van der Waals surface area contributed by atoms with E-state index in [0.29, 0.717) is 12.0 Å². The highest BCUT2D eigenvalue weighted by Crippen LogP contribution is 2.15. The Kier molecular flexibility index (Phi) is 7.49. The molecule has 0 aliphatic rings. The van der Waals surface area contributed by atoms with Crippen LogP contribution in [0.4, 0.5) is 8.78 Å². The van der Waals surface area contributed by atoms with E-state index in [1.165, 1.54) is 43.5 Å². The van der Waals surface area contributed by atoms with Gasteiger partial charge in [-0.25, -0.2) is 4.79 Å². The van der Waals surface area contributed by atoms with Crippen LogP contribution in [-0.4, -0.2) is 31.6 Å². The fourth-order valence-electron chi connectivity index (χ4n) is 2.34. The lowest BCUT2D eigenvalue weighted by atomic mass is 10.1. The molecule has 0 aliphatic heterocycles. The normalized spacial score (nSPS) is 12.0. The van der Waals surface area contributed by atoms with Gasteiger partial charge in [-0.1, -0.05) is 42.5 Å². The van der Waals surface area contributed by atoms with E-state index in [-0.39, 0.29) is 5.75 Å². The Bertz CT molecular complexity index is 776. The molecule has 1 unspecified atom stereocenters. The number of benzene rings is 2. The molecule has 7 heteroatoms. The number of ether oxygens (including phenoxy) is 2. The number of alkyl halides is 2. The molecule has 0 fully saturated rings. The van der Waals surface area contributed by atoms with Crippen LogP contribution in [0.5, 0.6) is 5.75 Å². The van der Waals surface area contributed by atoms with E-state index in [9.17, 15) is 18.4 Å². The quantitative estimate of drug-likeness (QED) is 0.569. The lowest BCUT2D eigenvalue weighted by Gasteiger charge is -2.15. The molecule has 27 heavy (non-hydrogen) atoms. The van der Waals surface area contributed by atoms with Crippen molar-refractivity contribution >= 4 is 18.0 Å².